The summed E-state index contributed by atoms with van der Waals surface area (Å²) in [5.74, 6) is -1.71. The smallest absolute Gasteiger partial charge is 0.243 e. The van der Waals surface area contributed by atoms with Crippen LogP contribution in [0.1, 0.15) is 49.1 Å². The van der Waals surface area contributed by atoms with Crippen molar-refractivity contribution in [2.75, 3.05) is 26.0 Å². The molecule has 5 aromatic rings. The lowest BCUT2D eigenvalue weighted by molar-refractivity contribution is -0.125. The Labute approximate surface area is 338 Å². The number of amides is 1. The number of hydrogen-bond acceptors (Lipinski definition) is 7. The minimum absolute atomic E-state index is 0.0444. The van der Waals surface area contributed by atoms with E-state index < -0.39 is 55.8 Å². The molecule has 302 valence electrons. The zero-order valence-corrected chi connectivity index (χ0v) is 34.5. The molecule has 1 amide bonds. The predicted molar refractivity (Wildman–Crippen MR) is 224 cm³/mol. The Balaban J connectivity index is 1.43. The van der Waals surface area contributed by atoms with E-state index in [0.717, 1.165) is 22.3 Å². The third-order valence-corrected chi connectivity index (χ3v) is 13.5. The summed E-state index contributed by atoms with van der Waals surface area (Å²) < 4.78 is 65.2. The molecule has 0 radical (unpaired) electrons. The molecule has 0 aliphatic heterocycles. The van der Waals surface area contributed by atoms with Crippen molar-refractivity contribution in [3.8, 4) is 5.75 Å². The zero-order chi connectivity index (χ0) is 41.0. The predicted octanol–water partition coefficient (Wildman–Crippen LogP) is 6.69. The highest BCUT2D eigenvalue weighted by atomic mass is 32.2. The fourth-order valence-corrected chi connectivity index (χ4v) is 10.3. The maximum absolute atomic E-state index is 14.7. The summed E-state index contributed by atoms with van der Waals surface area (Å²) >= 11 is 0. The number of aliphatic hydroxyl groups is 1. The number of methoxy groups -OCH3 is 1. The number of carbonyl (C=O) groups is 1. The fourth-order valence-electron chi connectivity index (χ4n) is 6.78. The Morgan fingerprint density at radius 1 is 0.684 bits per heavy atom. The SMILES string of the molecule is COc1ccc(S(=O)(=O)N(CC(C)C)C[C@@H](O)[C@H](Cc2ccccc2)NC(=O)[C@H](C)CS(=O)(=O)N(Cc2ccccc2)C(c2ccccc2)c2ccccc2)cc1. The van der Waals surface area contributed by atoms with Crippen LogP contribution in [-0.2, 0) is 37.8 Å². The van der Waals surface area contributed by atoms with Gasteiger partial charge in [-0.05, 0) is 58.9 Å². The Bertz CT molecular complexity index is 2170. The van der Waals surface area contributed by atoms with Gasteiger partial charge in [-0.1, -0.05) is 142 Å². The standard InChI is InChI=1S/C45H53N3O7S2/c1-34(2)30-47(57(53,54)41-27-25-40(55-4)26-28-41)32-43(49)42(29-36-17-9-5-10-18-36)46-45(50)35(3)33-56(51,52)48(31-37-19-11-6-12-20-37)44(38-21-13-7-14-22-38)39-23-15-8-16-24-39/h5-28,34-35,42-44,49H,29-33H2,1-4H3,(H,46,50)/t35-,42+,43-/m1/s1. The van der Waals surface area contributed by atoms with Gasteiger partial charge in [-0.2, -0.15) is 8.61 Å². The van der Waals surface area contributed by atoms with E-state index in [1.54, 1.807) is 19.1 Å². The minimum Gasteiger partial charge on any atom is -0.497 e. The van der Waals surface area contributed by atoms with Crippen molar-refractivity contribution in [3.05, 3.63) is 168 Å². The molecule has 57 heavy (non-hydrogen) atoms. The Hall–Kier alpha value is -4.85. The lowest BCUT2D eigenvalue weighted by Gasteiger charge is -2.33. The monoisotopic (exact) mass is 811 g/mol. The topological polar surface area (TPSA) is 133 Å². The summed E-state index contributed by atoms with van der Waals surface area (Å²) in [5, 5.41) is 14.7. The quantitative estimate of drug-likeness (QED) is 0.0896. The lowest BCUT2D eigenvalue weighted by Crippen LogP contribution is -2.52. The van der Waals surface area contributed by atoms with Gasteiger partial charge in [-0.15, -0.1) is 0 Å². The first-order chi connectivity index (χ1) is 27.3. The molecule has 0 spiro atoms. The number of benzene rings is 5. The van der Waals surface area contributed by atoms with E-state index in [0.29, 0.717) is 5.75 Å². The van der Waals surface area contributed by atoms with E-state index in [9.17, 15) is 26.7 Å². The first-order valence-electron chi connectivity index (χ1n) is 19.1. The van der Waals surface area contributed by atoms with Gasteiger partial charge in [0, 0.05) is 19.6 Å². The van der Waals surface area contributed by atoms with E-state index in [-0.39, 0.29) is 36.9 Å². The van der Waals surface area contributed by atoms with Crippen LogP contribution >= 0.6 is 0 Å². The van der Waals surface area contributed by atoms with Crippen LogP contribution in [0.15, 0.2) is 150 Å². The molecule has 0 saturated carbocycles. The Morgan fingerprint density at radius 3 is 1.67 bits per heavy atom. The summed E-state index contributed by atoms with van der Waals surface area (Å²) in [6.07, 6.45) is -1.17. The van der Waals surface area contributed by atoms with Gasteiger partial charge in [-0.25, -0.2) is 16.8 Å². The molecule has 0 aliphatic rings. The van der Waals surface area contributed by atoms with Crippen molar-refractivity contribution >= 4 is 26.0 Å². The lowest BCUT2D eigenvalue weighted by atomic mass is 9.98. The van der Waals surface area contributed by atoms with Crippen molar-refractivity contribution in [2.24, 2.45) is 11.8 Å². The summed E-state index contributed by atoms with van der Waals surface area (Å²) in [6.45, 7) is 5.20. The number of rotatable bonds is 20. The van der Waals surface area contributed by atoms with Gasteiger partial charge in [0.25, 0.3) is 0 Å². The third-order valence-electron chi connectivity index (χ3n) is 9.71. The fraction of sp³-hybridized carbons (Fsp3) is 0.311. The molecule has 5 aromatic carbocycles. The van der Waals surface area contributed by atoms with Gasteiger partial charge >= 0.3 is 0 Å². The van der Waals surface area contributed by atoms with Crippen LogP contribution in [0.2, 0.25) is 0 Å². The highest BCUT2D eigenvalue weighted by Crippen LogP contribution is 2.33. The van der Waals surface area contributed by atoms with Gasteiger partial charge in [-0.3, -0.25) is 4.79 Å². The molecule has 10 nitrogen and oxygen atoms in total. The summed E-state index contributed by atoms with van der Waals surface area (Å²) in [5.41, 5.74) is 3.15. The van der Waals surface area contributed by atoms with Gasteiger partial charge in [0.05, 0.1) is 41.9 Å². The maximum Gasteiger partial charge on any atom is 0.243 e. The number of ether oxygens (including phenoxy) is 1. The largest absolute Gasteiger partial charge is 0.497 e. The van der Waals surface area contributed by atoms with Crippen LogP contribution in [0, 0.1) is 11.8 Å². The van der Waals surface area contributed by atoms with Gasteiger partial charge in [0.2, 0.25) is 26.0 Å². The number of sulfonamides is 2. The first-order valence-corrected chi connectivity index (χ1v) is 22.1. The van der Waals surface area contributed by atoms with Crippen LogP contribution in [-0.4, -0.2) is 74.6 Å². The normalized spacial score (nSPS) is 13.8. The van der Waals surface area contributed by atoms with Crippen LogP contribution in [0.25, 0.3) is 0 Å². The molecule has 0 saturated heterocycles. The molecule has 5 rings (SSSR count). The molecular formula is C45H53N3O7S2. The van der Waals surface area contributed by atoms with Crippen LogP contribution in [0.3, 0.4) is 0 Å². The molecule has 0 aliphatic carbocycles. The van der Waals surface area contributed by atoms with E-state index in [2.05, 4.69) is 5.32 Å². The molecule has 3 atom stereocenters. The van der Waals surface area contributed by atoms with Gasteiger partial charge in [0.1, 0.15) is 5.75 Å². The van der Waals surface area contributed by atoms with E-state index in [1.165, 1.54) is 27.9 Å². The molecule has 0 bridgehead atoms. The molecule has 0 heterocycles. The number of aliphatic hydroxyl groups excluding tert-OH is 1. The minimum atomic E-state index is -4.15. The number of hydrogen-bond donors (Lipinski definition) is 2. The van der Waals surface area contributed by atoms with Gasteiger partial charge in [0.15, 0.2) is 0 Å². The second-order valence-corrected chi connectivity index (χ2v) is 18.6. The first kappa shape index (κ1) is 43.3. The third kappa shape index (κ3) is 11.8. The average Bonchev–Trinajstić information content (AvgIpc) is 3.21. The van der Waals surface area contributed by atoms with E-state index in [4.69, 9.17) is 4.74 Å². The number of nitrogens with zero attached hydrogens (tertiary/aromatic N) is 2. The molecule has 12 heteroatoms. The summed E-state index contributed by atoms with van der Waals surface area (Å²) in [4.78, 5) is 14.2. The van der Waals surface area contributed by atoms with Crippen LogP contribution < -0.4 is 10.1 Å². The summed E-state index contributed by atoms with van der Waals surface area (Å²) in [7, 11) is -6.71. The number of carbonyl (C=O) groups excluding carboxylic acids is 1. The second-order valence-electron chi connectivity index (χ2n) is 14.7. The molecule has 0 aromatic heterocycles. The molecular weight excluding hydrogens is 759 g/mol. The Morgan fingerprint density at radius 2 is 1.18 bits per heavy atom. The molecule has 0 unspecified atom stereocenters. The van der Waals surface area contributed by atoms with E-state index in [1.807, 2.05) is 135 Å². The van der Waals surface area contributed by atoms with Crippen molar-refractivity contribution in [1.82, 2.24) is 13.9 Å². The van der Waals surface area contributed by atoms with Crippen molar-refractivity contribution in [3.63, 3.8) is 0 Å². The highest BCUT2D eigenvalue weighted by molar-refractivity contribution is 7.89. The summed E-state index contributed by atoms with van der Waals surface area (Å²) in [6, 6.07) is 41.8. The van der Waals surface area contributed by atoms with E-state index >= 15 is 0 Å². The van der Waals surface area contributed by atoms with Gasteiger partial charge < -0.3 is 15.2 Å². The Kier molecular flexibility index (Phi) is 15.2. The van der Waals surface area contributed by atoms with Crippen molar-refractivity contribution < 1.29 is 31.5 Å². The maximum atomic E-state index is 14.7. The number of nitrogens with one attached hydrogen (secondary N) is 1. The molecule has 0 fully saturated rings. The average molecular weight is 812 g/mol. The van der Waals surface area contributed by atoms with Crippen molar-refractivity contribution in [1.29, 1.82) is 0 Å². The highest BCUT2D eigenvalue weighted by Gasteiger charge is 2.37. The van der Waals surface area contributed by atoms with Crippen LogP contribution in [0.4, 0.5) is 0 Å². The second kappa shape index (κ2) is 20.0. The molecule has 2 N–H and O–H groups in total. The zero-order valence-electron chi connectivity index (χ0n) is 32.9. The van der Waals surface area contributed by atoms with Crippen molar-refractivity contribution in [2.45, 2.75) is 56.8 Å². The van der Waals surface area contributed by atoms with Crippen LogP contribution in [0.5, 0.6) is 5.75 Å².